The Bertz CT molecular complexity index is 738. The van der Waals surface area contributed by atoms with Gasteiger partial charge in [0.1, 0.15) is 0 Å². The Morgan fingerprint density at radius 2 is 1.60 bits per heavy atom. The zero-order valence-corrected chi connectivity index (χ0v) is 14.4. The summed E-state index contributed by atoms with van der Waals surface area (Å²) in [7, 11) is 0. The third kappa shape index (κ3) is 4.38. The molecule has 0 aliphatic carbocycles. The van der Waals surface area contributed by atoms with Crippen LogP contribution in [0.3, 0.4) is 0 Å². The largest absolute Gasteiger partial charge is 0.355 e. The Labute approximate surface area is 148 Å². The molecule has 5 heteroatoms. The van der Waals surface area contributed by atoms with Gasteiger partial charge in [0.25, 0.3) is 5.91 Å². The minimum atomic E-state index is -0.0830. The molecule has 2 amide bonds. The number of rotatable bonds is 4. The zero-order chi connectivity index (χ0) is 17.6. The molecule has 0 bridgehead atoms. The van der Waals surface area contributed by atoms with E-state index < -0.39 is 0 Å². The Balaban J connectivity index is 1.66. The summed E-state index contributed by atoms with van der Waals surface area (Å²) < 4.78 is 0. The van der Waals surface area contributed by atoms with E-state index in [1.54, 1.807) is 6.92 Å². The van der Waals surface area contributed by atoms with Crippen molar-refractivity contribution in [2.75, 3.05) is 18.4 Å². The lowest BCUT2D eigenvalue weighted by Crippen LogP contribution is -2.46. The van der Waals surface area contributed by atoms with Gasteiger partial charge in [-0.25, -0.2) is 0 Å². The number of carbonyl (C=O) groups is 2. The molecule has 1 heterocycles. The molecule has 0 spiro atoms. The minimum Gasteiger partial charge on any atom is -0.355 e. The summed E-state index contributed by atoms with van der Waals surface area (Å²) in [5.74, 6) is 0.0162. The second-order valence-corrected chi connectivity index (χ2v) is 6.29. The summed E-state index contributed by atoms with van der Waals surface area (Å²) in [6.07, 6.45) is 1.58. The zero-order valence-electron chi connectivity index (χ0n) is 14.4. The number of nitrogens with one attached hydrogen (secondary N) is 2. The highest BCUT2D eigenvalue weighted by atomic mass is 16.2. The Morgan fingerprint density at radius 1 is 0.960 bits per heavy atom. The number of anilines is 2. The molecule has 1 saturated heterocycles. The molecular formula is C20H23N3O2. The predicted octanol–water partition coefficient (Wildman–Crippen LogP) is 3.17. The van der Waals surface area contributed by atoms with Gasteiger partial charge < -0.3 is 15.5 Å². The van der Waals surface area contributed by atoms with Gasteiger partial charge in [-0.1, -0.05) is 30.3 Å². The van der Waals surface area contributed by atoms with Gasteiger partial charge in [0, 0.05) is 31.7 Å². The van der Waals surface area contributed by atoms with Crippen molar-refractivity contribution in [3.05, 3.63) is 60.2 Å². The monoisotopic (exact) mass is 337 g/mol. The summed E-state index contributed by atoms with van der Waals surface area (Å²) in [5.41, 5.74) is 2.35. The molecule has 1 aliphatic rings. The van der Waals surface area contributed by atoms with Gasteiger partial charge in [-0.05, 0) is 37.1 Å². The minimum absolute atomic E-state index is 0.0830. The molecule has 1 aliphatic heterocycles. The Morgan fingerprint density at radius 3 is 2.28 bits per heavy atom. The second kappa shape index (κ2) is 7.83. The maximum atomic E-state index is 12.7. The first kappa shape index (κ1) is 17.0. The number of hydrogen-bond donors (Lipinski definition) is 2. The number of para-hydroxylation sites is 2. The van der Waals surface area contributed by atoms with Gasteiger partial charge >= 0.3 is 0 Å². The van der Waals surface area contributed by atoms with Gasteiger partial charge in [-0.15, -0.1) is 0 Å². The topological polar surface area (TPSA) is 61.4 Å². The summed E-state index contributed by atoms with van der Waals surface area (Å²) in [5, 5.41) is 6.40. The van der Waals surface area contributed by atoms with Crippen LogP contribution in [0.5, 0.6) is 0 Å². The van der Waals surface area contributed by atoms with Crippen LogP contribution in [0.2, 0.25) is 0 Å². The van der Waals surface area contributed by atoms with Crippen molar-refractivity contribution in [3.8, 4) is 0 Å². The second-order valence-electron chi connectivity index (χ2n) is 6.29. The molecule has 130 valence electrons. The lowest BCUT2D eigenvalue weighted by Gasteiger charge is -2.31. The quantitative estimate of drug-likeness (QED) is 0.901. The van der Waals surface area contributed by atoms with Gasteiger partial charge in [-0.3, -0.25) is 9.59 Å². The van der Waals surface area contributed by atoms with E-state index in [0.717, 1.165) is 24.2 Å². The first-order chi connectivity index (χ1) is 12.1. The van der Waals surface area contributed by atoms with Gasteiger partial charge in [0.05, 0.1) is 11.3 Å². The summed E-state index contributed by atoms with van der Waals surface area (Å²) >= 11 is 0. The molecule has 25 heavy (non-hydrogen) atoms. The van der Waals surface area contributed by atoms with E-state index in [-0.39, 0.29) is 17.9 Å². The standard InChI is InChI=1S/C20H23N3O2/c1-15(24)23-13-11-17(12-14-23)22-20(25)18-9-5-6-10-19(18)21-16-7-3-2-4-8-16/h2-10,17,21H,11-14H2,1H3,(H,22,25). The molecule has 0 unspecified atom stereocenters. The van der Waals surface area contributed by atoms with E-state index in [4.69, 9.17) is 0 Å². The first-order valence-electron chi connectivity index (χ1n) is 8.61. The number of hydrogen-bond acceptors (Lipinski definition) is 3. The van der Waals surface area contributed by atoms with Crippen molar-refractivity contribution in [1.82, 2.24) is 10.2 Å². The van der Waals surface area contributed by atoms with Gasteiger partial charge in [-0.2, -0.15) is 0 Å². The van der Waals surface area contributed by atoms with E-state index >= 15 is 0 Å². The van der Waals surface area contributed by atoms with Crippen LogP contribution in [0.25, 0.3) is 0 Å². The van der Waals surface area contributed by atoms with Crippen molar-refractivity contribution in [3.63, 3.8) is 0 Å². The molecule has 2 aromatic carbocycles. The predicted molar refractivity (Wildman–Crippen MR) is 98.9 cm³/mol. The summed E-state index contributed by atoms with van der Waals surface area (Å²) in [6.45, 7) is 2.98. The van der Waals surface area contributed by atoms with Crippen molar-refractivity contribution in [2.45, 2.75) is 25.8 Å². The first-order valence-corrected chi connectivity index (χ1v) is 8.61. The normalized spacial score (nSPS) is 14.8. The SMILES string of the molecule is CC(=O)N1CCC(NC(=O)c2ccccc2Nc2ccccc2)CC1. The number of likely N-dealkylation sites (tertiary alicyclic amines) is 1. The molecule has 0 radical (unpaired) electrons. The molecule has 1 fully saturated rings. The van der Waals surface area contributed by atoms with E-state index in [1.807, 2.05) is 59.5 Å². The maximum Gasteiger partial charge on any atom is 0.253 e. The van der Waals surface area contributed by atoms with Crippen LogP contribution >= 0.6 is 0 Å². The molecular weight excluding hydrogens is 314 g/mol. The third-order valence-corrected chi connectivity index (χ3v) is 4.50. The molecule has 0 saturated carbocycles. The number of piperidine rings is 1. The van der Waals surface area contributed by atoms with Gasteiger partial charge in [0.15, 0.2) is 0 Å². The van der Waals surface area contributed by atoms with Crippen molar-refractivity contribution >= 4 is 23.2 Å². The van der Waals surface area contributed by atoms with Crippen LogP contribution in [-0.4, -0.2) is 35.8 Å². The number of amides is 2. The highest BCUT2D eigenvalue weighted by Gasteiger charge is 2.23. The summed E-state index contributed by atoms with van der Waals surface area (Å²) in [6, 6.07) is 17.4. The number of benzene rings is 2. The fourth-order valence-electron chi connectivity index (χ4n) is 3.07. The van der Waals surface area contributed by atoms with Crippen LogP contribution in [0.15, 0.2) is 54.6 Å². The van der Waals surface area contributed by atoms with Crippen LogP contribution in [0.1, 0.15) is 30.1 Å². The maximum absolute atomic E-state index is 12.7. The summed E-state index contributed by atoms with van der Waals surface area (Å²) in [4.78, 5) is 25.9. The number of nitrogens with zero attached hydrogens (tertiary/aromatic N) is 1. The van der Waals surface area contributed by atoms with Crippen molar-refractivity contribution in [1.29, 1.82) is 0 Å². The molecule has 5 nitrogen and oxygen atoms in total. The lowest BCUT2D eigenvalue weighted by molar-refractivity contribution is -0.129. The third-order valence-electron chi connectivity index (χ3n) is 4.50. The fraction of sp³-hybridized carbons (Fsp3) is 0.300. The van der Waals surface area contributed by atoms with Crippen LogP contribution < -0.4 is 10.6 Å². The van der Waals surface area contributed by atoms with Crippen LogP contribution in [0.4, 0.5) is 11.4 Å². The molecule has 2 N–H and O–H groups in total. The van der Waals surface area contributed by atoms with E-state index in [9.17, 15) is 9.59 Å². The van der Waals surface area contributed by atoms with E-state index in [2.05, 4.69) is 10.6 Å². The van der Waals surface area contributed by atoms with Crippen molar-refractivity contribution < 1.29 is 9.59 Å². The van der Waals surface area contributed by atoms with E-state index in [0.29, 0.717) is 18.7 Å². The van der Waals surface area contributed by atoms with E-state index in [1.165, 1.54) is 0 Å². The van der Waals surface area contributed by atoms with Crippen molar-refractivity contribution in [2.24, 2.45) is 0 Å². The Hall–Kier alpha value is -2.82. The van der Waals surface area contributed by atoms with Crippen LogP contribution in [-0.2, 0) is 4.79 Å². The lowest BCUT2D eigenvalue weighted by atomic mass is 10.0. The fourth-order valence-corrected chi connectivity index (χ4v) is 3.07. The average molecular weight is 337 g/mol. The number of carbonyl (C=O) groups excluding carboxylic acids is 2. The average Bonchev–Trinajstić information content (AvgIpc) is 2.63. The highest BCUT2D eigenvalue weighted by molar-refractivity contribution is 6.00. The Kier molecular flexibility index (Phi) is 5.33. The molecule has 0 aromatic heterocycles. The van der Waals surface area contributed by atoms with Crippen LogP contribution in [0, 0.1) is 0 Å². The van der Waals surface area contributed by atoms with Gasteiger partial charge in [0.2, 0.25) is 5.91 Å². The molecule has 3 rings (SSSR count). The molecule has 0 atom stereocenters. The smallest absolute Gasteiger partial charge is 0.253 e. The molecule has 2 aromatic rings. The highest BCUT2D eigenvalue weighted by Crippen LogP contribution is 2.21.